The molecule has 0 unspecified atom stereocenters. The number of aliphatic carboxylic acids is 1. The van der Waals surface area contributed by atoms with E-state index in [0.29, 0.717) is 0 Å². The summed E-state index contributed by atoms with van der Waals surface area (Å²) < 4.78 is 0. The first-order chi connectivity index (χ1) is 4.27. The number of allylic oxidation sites excluding steroid dienone is 2. The number of carbonyl (C=O) groups is 1. The van der Waals surface area contributed by atoms with Crippen molar-refractivity contribution in [2.75, 3.05) is 6.61 Å². The molecule has 0 aliphatic rings. The van der Waals surface area contributed by atoms with Crippen LogP contribution < -0.4 is 0 Å². The van der Waals surface area contributed by atoms with Gasteiger partial charge >= 0.3 is 5.97 Å². The molecule has 2 N–H and O–H groups in total. The van der Waals surface area contributed by atoms with E-state index in [2.05, 4.69) is 0 Å². The zero-order valence-corrected chi connectivity index (χ0v) is 4.82. The monoisotopic (exact) mass is 128 g/mol. The maximum atomic E-state index is 9.78. The summed E-state index contributed by atoms with van der Waals surface area (Å²) in [5.74, 6) is -0.988. The van der Waals surface area contributed by atoms with E-state index in [1.807, 2.05) is 0 Å². The van der Waals surface area contributed by atoms with Crippen LogP contribution in [0, 0.1) is 0 Å². The predicted octanol–water partition coefficient (Wildman–Crippen LogP) is 0.176. The van der Waals surface area contributed by atoms with Crippen molar-refractivity contribution >= 4 is 5.97 Å². The van der Waals surface area contributed by atoms with Crippen molar-refractivity contribution in [2.45, 2.75) is 0 Å². The second-order valence-electron chi connectivity index (χ2n) is 1.31. The number of aliphatic hydroxyl groups is 1. The second kappa shape index (κ2) is 5.05. The fraction of sp³-hybridized carbons (Fsp3) is 0.167. The number of hydrogen-bond donors (Lipinski definition) is 2. The van der Waals surface area contributed by atoms with Crippen molar-refractivity contribution in [1.82, 2.24) is 0 Å². The number of aliphatic hydroxyl groups excluding tert-OH is 1. The van der Waals surface area contributed by atoms with Gasteiger partial charge in [-0.05, 0) is 0 Å². The molecular formula is C6H8O3. The molecular weight excluding hydrogens is 120 g/mol. The molecule has 0 saturated heterocycles. The van der Waals surface area contributed by atoms with Crippen molar-refractivity contribution < 1.29 is 15.0 Å². The SMILES string of the molecule is O=C(O)C=CC=CCO. The Kier molecular flexibility index (Phi) is 4.44. The van der Waals surface area contributed by atoms with Crippen molar-refractivity contribution in [1.29, 1.82) is 0 Å². The zero-order chi connectivity index (χ0) is 7.11. The van der Waals surface area contributed by atoms with E-state index >= 15 is 0 Å². The highest BCUT2D eigenvalue weighted by atomic mass is 16.4. The van der Waals surface area contributed by atoms with Crippen LogP contribution in [0.15, 0.2) is 24.3 Å². The van der Waals surface area contributed by atoms with Gasteiger partial charge in [0.15, 0.2) is 0 Å². The highest BCUT2D eigenvalue weighted by molar-refractivity contribution is 5.80. The number of hydrogen-bond acceptors (Lipinski definition) is 2. The summed E-state index contributed by atoms with van der Waals surface area (Å²) in [6, 6.07) is 0. The van der Waals surface area contributed by atoms with Crippen LogP contribution in [0.1, 0.15) is 0 Å². The quantitative estimate of drug-likeness (QED) is 0.421. The minimum Gasteiger partial charge on any atom is -0.478 e. The van der Waals surface area contributed by atoms with Gasteiger partial charge in [-0.15, -0.1) is 0 Å². The van der Waals surface area contributed by atoms with E-state index in [9.17, 15) is 4.79 Å². The first-order valence-corrected chi connectivity index (χ1v) is 2.44. The van der Waals surface area contributed by atoms with Crippen LogP contribution in [0.2, 0.25) is 0 Å². The molecule has 0 rings (SSSR count). The van der Waals surface area contributed by atoms with E-state index in [-0.39, 0.29) is 6.61 Å². The smallest absolute Gasteiger partial charge is 0.328 e. The average molecular weight is 128 g/mol. The third-order valence-electron chi connectivity index (χ3n) is 0.591. The Labute approximate surface area is 52.9 Å². The third kappa shape index (κ3) is 6.91. The molecule has 0 heterocycles. The molecule has 0 atom stereocenters. The molecule has 9 heavy (non-hydrogen) atoms. The fourth-order valence-electron chi connectivity index (χ4n) is 0.277. The fourth-order valence-corrected chi connectivity index (χ4v) is 0.277. The van der Waals surface area contributed by atoms with Crippen LogP contribution in [0.25, 0.3) is 0 Å². The highest BCUT2D eigenvalue weighted by Gasteiger charge is 1.79. The van der Waals surface area contributed by atoms with E-state index in [1.54, 1.807) is 0 Å². The lowest BCUT2D eigenvalue weighted by Gasteiger charge is -1.74. The Bertz CT molecular complexity index is 135. The van der Waals surface area contributed by atoms with Gasteiger partial charge in [-0.2, -0.15) is 0 Å². The number of carboxylic acids is 1. The summed E-state index contributed by atoms with van der Waals surface area (Å²) >= 11 is 0. The van der Waals surface area contributed by atoms with Gasteiger partial charge in [-0.3, -0.25) is 0 Å². The Morgan fingerprint density at radius 1 is 1.44 bits per heavy atom. The largest absolute Gasteiger partial charge is 0.478 e. The first kappa shape index (κ1) is 7.91. The van der Waals surface area contributed by atoms with Crippen molar-refractivity contribution in [3.05, 3.63) is 24.3 Å². The van der Waals surface area contributed by atoms with Gasteiger partial charge in [-0.1, -0.05) is 18.2 Å². The topological polar surface area (TPSA) is 57.5 Å². The van der Waals surface area contributed by atoms with Crippen LogP contribution in [-0.4, -0.2) is 22.8 Å². The van der Waals surface area contributed by atoms with E-state index in [4.69, 9.17) is 10.2 Å². The van der Waals surface area contributed by atoms with Gasteiger partial charge < -0.3 is 10.2 Å². The van der Waals surface area contributed by atoms with Gasteiger partial charge in [0.05, 0.1) is 6.61 Å². The Morgan fingerprint density at radius 3 is 2.56 bits per heavy atom. The zero-order valence-electron chi connectivity index (χ0n) is 4.82. The Hall–Kier alpha value is -1.09. The maximum Gasteiger partial charge on any atom is 0.328 e. The standard InChI is InChI=1S/C6H8O3/c7-5-3-1-2-4-6(8)9/h1-4,7H,5H2,(H,8,9). The molecule has 0 spiro atoms. The van der Waals surface area contributed by atoms with Crippen molar-refractivity contribution in [2.24, 2.45) is 0 Å². The number of rotatable bonds is 3. The second-order valence-corrected chi connectivity index (χ2v) is 1.31. The minimum absolute atomic E-state index is 0.0655. The normalized spacial score (nSPS) is 11.2. The van der Waals surface area contributed by atoms with E-state index < -0.39 is 5.97 Å². The van der Waals surface area contributed by atoms with Crippen LogP contribution in [0.5, 0.6) is 0 Å². The van der Waals surface area contributed by atoms with Crippen LogP contribution in [0.4, 0.5) is 0 Å². The minimum atomic E-state index is -0.988. The predicted molar refractivity (Wildman–Crippen MR) is 33.0 cm³/mol. The Morgan fingerprint density at radius 2 is 2.11 bits per heavy atom. The molecule has 0 aromatic rings. The summed E-state index contributed by atoms with van der Waals surface area (Å²) in [6.45, 7) is -0.0655. The molecule has 0 aromatic heterocycles. The summed E-state index contributed by atoms with van der Waals surface area (Å²) in [4.78, 5) is 9.78. The lowest BCUT2D eigenvalue weighted by Crippen LogP contribution is -1.84. The highest BCUT2D eigenvalue weighted by Crippen LogP contribution is 1.75. The summed E-state index contributed by atoms with van der Waals surface area (Å²) in [7, 11) is 0. The third-order valence-corrected chi connectivity index (χ3v) is 0.591. The van der Waals surface area contributed by atoms with Crippen LogP contribution in [-0.2, 0) is 4.79 Å². The molecule has 50 valence electrons. The molecule has 0 amide bonds. The van der Waals surface area contributed by atoms with Gasteiger partial charge in [0.25, 0.3) is 0 Å². The molecule has 0 saturated carbocycles. The lowest BCUT2D eigenvalue weighted by atomic mass is 10.4. The lowest BCUT2D eigenvalue weighted by molar-refractivity contribution is -0.131. The van der Waals surface area contributed by atoms with Gasteiger partial charge in [0, 0.05) is 6.08 Å². The molecule has 3 heteroatoms. The molecule has 3 nitrogen and oxygen atoms in total. The Balaban J connectivity index is 3.47. The first-order valence-electron chi connectivity index (χ1n) is 2.44. The van der Waals surface area contributed by atoms with Gasteiger partial charge in [-0.25, -0.2) is 4.79 Å². The van der Waals surface area contributed by atoms with Gasteiger partial charge in [0.2, 0.25) is 0 Å². The summed E-state index contributed by atoms with van der Waals surface area (Å²) in [5, 5.41) is 16.2. The molecule has 0 aliphatic heterocycles. The van der Waals surface area contributed by atoms with E-state index in [0.717, 1.165) is 6.08 Å². The van der Waals surface area contributed by atoms with Crippen molar-refractivity contribution in [3.8, 4) is 0 Å². The molecule has 0 bridgehead atoms. The molecule has 0 aliphatic carbocycles. The van der Waals surface area contributed by atoms with Crippen LogP contribution in [0.3, 0.4) is 0 Å². The molecule has 0 aromatic carbocycles. The summed E-state index contributed by atoms with van der Waals surface area (Å²) in [6.07, 6.45) is 5.25. The van der Waals surface area contributed by atoms with Crippen molar-refractivity contribution in [3.63, 3.8) is 0 Å². The number of carboxylic acid groups (broad SMARTS) is 1. The molecule has 0 fully saturated rings. The van der Waals surface area contributed by atoms with E-state index in [1.165, 1.54) is 18.2 Å². The van der Waals surface area contributed by atoms with Crippen LogP contribution >= 0.6 is 0 Å². The molecule has 0 radical (unpaired) electrons. The summed E-state index contributed by atoms with van der Waals surface area (Å²) in [5.41, 5.74) is 0. The maximum absolute atomic E-state index is 9.78. The van der Waals surface area contributed by atoms with Gasteiger partial charge in [0.1, 0.15) is 0 Å². The average Bonchev–Trinajstić information content (AvgIpc) is 1.80.